The number of fused-ring (bicyclic) bond motifs is 1. The summed E-state index contributed by atoms with van der Waals surface area (Å²) in [7, 11) is 0. The largest absolute Gasteiger partial charge is 0.508 e. The maximum absolute atomic E-state index is 9.52. The van der Waals surface area contributed by atoms with Gasteiger partial charge in [-0.05, 0) is 73.0 Å². The van der Waals surface area contributed by atoms with Gasteiger partial charge in [0.1, 0.15) is 11.5 Å². The third-order valence-electron chi connectivity index (χ3n) is 2.78. The normalized spacial score (nSPS) is 10.7. The van der Waals surface area contributed by atoms with E-state index in [-0.39, 0.29) is 5.75 Å². The van der Waals surface area contributed by atoms with Crippen LogP contribution in [0.15, 0.2) is 57.6 Å². The van der Waals surface area contributed by atoms with Gasteiger partial charge in [-0.1, -0.05) is 12.1 Å². The van der Waals surface area contributed by atoms with Crippen LogP contribution in [-0.4, -0.2) is 10.1 Å². The number of benzene rings is 2. The molecule has 0 aliphatic heterocycles. The molecule has 0 saturated carbocycles. The Morgan fingerprint density at radius 3 is 2.55 bits per heavy atom. The Kier molecular flexibility index (Phi) is 3.63. The Balaban J connectivity index is 1.98. The zero-order chi connectivity index (χ0) is 14.1. The molecule has 3 aromatic rings. The molecule has 0 aliphatic rings. The molecule has 0 fully saturated rings. The van der Waals surface area contributed by atoms with Crippen LogP contribution >= 0.6 is 31.9 Å². The van der Waals surface area contributed by atoms with Gasteiger partial charge in [-0.2, -0.15) is 0 Å². The molecule has 1 heterocycles. The minimum absolute atomic E-state index is 0.234. The minimum Gasteiger partial charge on any atom is -0.508 e. The first-order chi connectivity index (χ1) is 9.61. The minimum atomic E-state index is 0.234. The molecule has 0 saturated heterocycles. The number of phenolic OH excluding ortho intramolecular Hbond substituents is 1. The maximum atomic E-state index is 9.52. The number of ether oxygens (including phenoxy) is 1. The summed E-state index contributed by atoms with van der Waals surface area (Å²) in [5, 5.41) is 11.5. The van der Waals surface area contributed by atoms with E-state index in [1.54, 1.807) is 18.3 Å². The van der Waals surface area contributed by atoms with Gasteiger partial charge >= 0.3 is 0 Å². The van der Waals surface area contributed by atoms with Crippen molar-refractivity contribution in [2.45, 2.75) is 0 Å². The van der Waals surface area contributed by atoms with Gasteiger partial charge in [-0.3, -0.25) is 0 Å². The number of nitrogens with zero attached hydrogens (tertiary/aromatic N) is 1. The van der Waals surface area contributed by atoms with Gasteiger partial charge in [0.25, 0.3) is 0 Å². The Morgan fingerprint density at radius 2 is 1.75 bits per heavy atom. The van der Waals surface area contributed by atoms with Crippen molar-refractivity contribution < 1.29 is 9.84 Å². The van der Waals surface area contributed by atoms with E-state index in [0.717, 1.165) is 19.7 Å². The molecule has 0 unspecified atom stereocenters. The first kappa shape index (κ1) is 13.4. The van der Waals surface area contributed by atoms with Gasteiger partial charge < -0.3 is 9.84 Å². The van der Waals surface area contributed by atoms with Gasteiger partial charge in [0.15, 0.2) is 0 Å². The van der Waals surface area contributed by atoms with Crippen molar-refractivity contribution in [3.63, 3.8) is 0 Å². The van der Waals surface area contributed by atoms with Gasteiger partial charge in [-0.15, -0.1) is 0 Å². The predicted octanol–water partition coefficient (Wildman–Crippen LogP) is 5.26. The molecule has 1 aromatic heterocycles. The molecule has 1 N–H and O–H groups in total. The molecule has 0 amide bonds. The topological polar surface area (TPSA) is 42.4 Å². The second kappa shape index (κ2) is 5.42. The van der Waals surface area contributed by atoms with Crippen molar-refractivity contribution in [3.05, 3.63) is 57.6 Å². The average Bonchev–Trinajstić information content (AvgIpc) is 2.41. The molecular weight excluding hydrogens is 386 g/mol. The lowest BCUT2D eigenvalue weighted by Crippen LogP contribution is -1.89. The number of phenols is 1. The lowest BCUT2D eigenvalue weighted by molar-refractivity contribution is 0.460. The van der Waals surface area contributed by atoms with E-state index in [4.69, 9.17) is 4.74 Å². The third kappa shape index (κ3) is 2.78. The Bertz CT molecular complexity index is 790. The van der Waals surface area contributed by atoms with Crippen molar-refractivity contribution in [2.24, 2.45) is 0 Å². The van der Waals surface area contributed by atoms with E-state index in [2.05, 4.69) is 36.8 Å². The van der Waals surface area contributed by atoms with Gasteiger partial charge in [-0.25, -0.2) is 4.98 Å². The summed E-state index contributed by atoms with van der Waals surface area (Å²) in [5.41, 5.74) is 0. The Labute approximate surface area is 132 Å². The van der Waals surface area contributed by atoms with Crippen LogP contribution in [0, 0.1) is 0 Å². The van der Waals surface area contributed by atoms with E-state index >= 15 is 0 Å². The van der Waals surface area contributed by atoms with Crippen LogP contribution in [0.5, 0.6) is 17.4 Å². The summed E-state index contributed by atoms with van der Waals surface area (Å²) in [4.78, 5) is 4.21. The summed E-state index contributed by atoms with van der Waals surface area (Å²) < 4.78 is 7.39. The number of hydrogen-bond acceptors (Lipinski definition) is 3. The third-order valence-corrected chi connectivity index (χ3v) is 3.79. The van der Waals surface area contributed by atoms with E-state index in [0.29, 0.717) is 11.6 Å². The van der Waals surface area contributed by atoms with Crippen LogP contribution in [0.2, 0.25) is 0 Å². The fraction of sp³-hybridized carbons (Fsp3) is 0. The summed E-state index contributed by atoms with van der Waals surface area (Å²) in [6.45, 7) is 0. The van der Waals surface area contributed by atoms with Crippen molar-refractivity contribution >= 4 is 42.6 Å². The zero-order valence-corrected chi connectivity index (χ0v) is 13.3. The zero-order valence-electron chi connectivity index (χ0n) is 10.2. The van der Waals surface area contributed by atoms with Crippen LogP contribution < -0.4 is 4.74 Å². The summed E-state index contributed by atoms with van der Waals surface area (Å²) in [6, 6.07) is 12.8. The fourth-order valence-electron chi connectivity index (χ4n) is 1.86. The highest BCUT2D eigenvalue weighted by Crippen LogP contribution is 2.31. The van der Waals surface area contributed by atoms with Crippen LogP contribution in [0.3, 0.4) is 0 Å². The Morgan fingerprint density at radius 1 is 0.950 bits per heavy atom. The molecule has 2 aromatic carbocycles. The average molecular weight is 395 g/mol. The molecule has 0 bridgehead atoms. The number of hydrogen-bond donors (Lipinski definition) is 1. The van der Waals surface area contributed by atoms with E-state index in [9.17, 15) is 5.11 Å². The molecule has 3 rings (SSSR count). The number of halogens is 2. The van der Waals surface area contributed by atoms with Gasteiger partial charge in [0.05, 0.1) is 4.47 Å². The van der Waals surface area contributed by atoms with Crippen molar-refractivity contribution in [1.82, 2.24) is 4.98 Å². The van der Waals surface area contributed by atoms with Crippen LogP contribution in [-0.2, 0) is 0 Å². The smallest absolute Gasteiger partial charge is 0.233 e. The molecule has 0 spiro atoms. The number of aromatic nitrogens is 1. The monoisotopic (exact) mass is 393 g/mol. The van der Waals surface area contributed by atoms with Gasteiger partial charge in [0.2, 0.25) is 5.88 Å². The SMILES string of the molecule is Oc1ccc2ccc(Oc3ncc(Br)cc3Br)cc2c1. The molecule has 100 valence electrons. The molecular formula is C15H9Br2NO2. The highest BCUT2D eigenvalue weighted by Gasteiger charge is 2.06. The highest BCUT2D eigenvalue weighted by molar-refractivity contribution is 9.11. The lowest BCUT2D eigenvalue weighted by atomic mass is 10.1. The van der Waals surface area contributed by atoms with Crippen LogP contribution in [0.25, 0.3) is 10.8 Å². The number of pyridine rings is 1. The first-order valence-electron chi connectivity index (χ1n) is 5.83. The first-order valence-corrected chi connectivity index (χ1v) is 7.42. The summed E-state index contributed by atoms with van der Waals surface area (Å²) >= 11 is 6.75. The fourth-order valence-corrected chi connectivity index (χ4v) is 2.93. The number of aromatic hydroxyl groups is 1. The molecule has 5 heteroatoms. The highest BCUT2D eigenvalue weighted by atomic mass is 79.9. The molecule has 0 radical (unpaired) electrons. The van der Waals surface area contributed by atoms with Gasteiger partial charge in [0, 0.05) is 10.7 Å². The van der Waals surface area contributed by atoms with Crippen LogP contribution in [0.4, 0.5) is 0 Å². The van der Waals surface area contributed by atoms with E-state index in [1.807, 2.05) is 30.3 Å². The summed E-state index contributed by atoms with van der Waals surface area (Å²) in [5.74, 6) is 1.39. The summed E-state index contributed by atoms with van der Waals surface area (Å²) in [6.07, 6.45) is 1.67. The van der Waals surface area contributed by atoms with E-state index < -0.39 is 0 Å². The lowest BCUT2D eigenvalue weighted by Gasteiger charge is -2.08. The van der Waals surface area contributed by atoms with E-state index in [1.165, 1.54) is 0 Å². The molecule has 0 aliphatic carbocycles. The van der Waals surface area contributed by atoms with Crippen molar-refractivity contribution in [3.8, 4) is 17.4 Å². The molecule has 3 nitrogen and oxygen atoms in total. The standard InChI is InChI=1S/C15H9Br2NO2/c16-11-7-14(17)15(18-8-11)20-13-4-2-9-1-3-12(19)5-10(9)6-13/h1-8,19H. The molecule has 0 atom stereocenters. The van der Waals surface area contributed by atoms with Crippen molar-refractivity contribution in [2.75, 3.05) is 0 Å². The predicted molar refractivity (Wildman–Crippen MR) is 85.3 cm³/mol. The second-order valence-corrected chi connectivity index (χ2v) is 6.01. The maximum Gasteiger partial charge on any atom is 0.233 e. The van der Waals surface area contributed by atoms with Crippen molar-refractivity contribution in [1.29, 1.82) is 0 Å². The molecule has 20 heavy (non-hydrogen) atoms. The quantitative estimate of drug-likeness (QED) is 0.644. The second-order valence-electron chi connectivity index (χ2n) is 4.24. The number of rotatable bonds is 2. The Hall–Kier alpha value is -1.59. The van der Waals surface area contributed by atoms with Crippen LogP contribution in [0.1, 0.15) is 0 Å².